The van der Waals surface area contributed by atoms with Crippen molar-refractivity contribution in [2.75, 3.05) is 25.1 Å². The second kappa shape index (κ2) is 6.58. The molecule has 0 spiro atoms. The maximum absolute atomic E-state index is 11.7. The SMILES string of the molecule is CCOc1ccc(NC(=O)C(=O)NCC2(CO)CC2)cc1. The van der Waals surface area contributed by atoms with Gasteiger partial charge in [-0.3, -0.25) is 9.59 Å². The molecule has 1 fully saturated rings. The average molecular weight is 292 g/mol. The minimum Gasteiger partial charge on any atom is -0.494 e. The van der Waals surface area contributed by atoms with Crippen molar-refractivity contribution in [3.05, 3.63) is 24.3 Å². The standard InChI is InChI=1S/C15H20N2O4/c1-2-21-12-5-3-11(4-6-12)17-14(20)13(19)16-9-15(10-18)7-8-15/h3-6,18H,2,7-10H2,1H3,(H,16,19)(H,17,20). The van der Waals surface area contributed by atoms with Crippen molar-refractivity contribution in [1.82, 2.24) is 5.32 Å². The van der Waals surface area contributed by atoms with E-state index in [1.807, 2.05) is 6.92 Å². The molecule has 0 bridgehead atoms. The first-order chi connectivity index (χ1) is 10.1. The van der Waals surface area contributed by atoms with Crippen LogP contribution < -0.4 is 15.4 Å². The van der Waals surface area contributed by atoms with Gasteiger partial charge in [0.1, 0.15) is 5.75 Å². The summed E-state index contributed by atoms with van der Waals surface area (Å²) in [6, 6.07) is 6.79. The molecular weight excluding hydrogens is 272 g/mol. The molecule has 0 unspecified atom stereocenters. The summed E-state index contributed by atoms with van der Waals surface area (Å²) in [7, 11) is 0. The molecule has 6 nitrogen and oxygen atoms in total. The van der Waals surface area contributed by atoms with Gasteiger partial charge in [-0.05, 0) is 44.0 Å². The van der Waals surface area contributed by atoms with Gasteiger partial charge >= 0.3 is 11.8 Å². The van der Waals surface area contributed by atoms with Crippen LogP contribution in [0.5, 0.6) is 5.75 Å². The predicted molar refractivity (Wildman–Crippen MR) is 78.0 cm³/mol. The molecule has 1 aromatic rings. The summed E-state index contributed by atoms with van der Waals surface area (Å²) in [5.74, 6) is -0.699. The van der Waals surface area contributed by atoms with Crippen molar-refractivity contribution in [2.24, 2.45) is 5.41 Å². The van der Waals surface area contributed by atoms with Crippen LogP contribution in [0.15, 0.2) is 24.3 Å². The van der Waals surface area contributed by atoms with Crippen molar-refractivity contribution in [3.8, 4) is 5.75 Å². The Balaban J connectivity index is 1.81. The second-order valence-corrected chi connectivity index (χ2v) is 5.25. The lowest BCUT2D eigenvalue weighted by Gasteiger charge is -2.12. The first kappa shape index (κ1) is 15.3. The highest BCUT2D eigenvalue weighted by atomic mass is 16.5. The number of carbonyl (C=O) groups is 2. The normalized spacial score (nSPS) is 15.1. The molecule has 0 radical (unpaired) electrons. The molecule has 1 aromatic carbocycles. The zero-order valence-corrected chi connectivity index (χ0v) is 12.0. The molecule has 2 rings (SSSR count). The molecule has 2 amide bonds. The number of hydrogen-bond acceptors (Lipinski definition) is 4. The highest BCUT2D eigenvalue weighted by molar-refractivity contribution is 6.39. The number of carbonyl (C=O) groups excluding carboxylic acids is 2. The number of benzene rings is 1. The lowest BCUT2D eigenvalue weighted by molar-refractivity contribution is -0.136. The molecule has 0 aromatic heterocycles. The summed E-state index contributed by atoms with van der Waals surface area (Å²) in [5, 5.41) is 14.2. The van der Waals surface area contributed by atoms with Crippen LogP contribution in [0.3, 0.4) is 0 Å². The number of rotatable bonds is 6. The Labute approximate surface area is 123 Å². The van der Waals surface area contributed by atoms with Crippen LogP contribution in [0.25, 0.3) is 0 Å². The van der Waals surface area contributed by atoms with E-state index in [1.54, 1.807) is 24.3 Å². The molecular formula is C15H20N2O4. The van der Waals surface area contributed by atoms with Gasteiger partial charge < -0.3 is 20.5 Å². The number of anilines is 1. The fourth-order valence-electron chi connectivity index (χ4n) is 1.90. The van der Waals surface area contributed by atoms with Gasteiger partial charge in [0, 0.05) is 17.6 Å². The summed E-state index contributed by atoms with van der Waals surface area (Å²) < 4.78 is 5.29. The molecule has 0 heterocycles. The number of ether oxygens (including phenoxy) is 1. The summed E-state index contributed by atoms with van der Waals surface area (Å²) in [4.78, 5) is 23.4. The van der Waals surface area contributed by atoms with E-state index >= 15 is 0 Å². The fourth-order valence-corrected chi connectivity index (χ4v) is 1.90. The quantitative estimate of drug-likeness (QED) is 0.680. The Kier molecular flexibility index (Phi) is 4.80. The third-order valence-electron chi connectivity index (χ3n) is 3.55. The number of nitrogens with one attached hydrogen (secondary N) is 2. The third kappa shape index (κ3) is 4.19. The van der Waals surface area contributed by atoms with Gasteiger partial charge in [0.15, 0.2) is 0 Å². The van der Waals surface area contributed by atoms with E-state index in [9.17, 15) is 9.59 Å². The average Bonchev–Trinajstić information content (AvgIpc) is 3.27. The Morgan fingerprint density at radius 1 is 1.24 bits per heavy atom. The van der Waals surface area contributed by atoms with Crippen LogP contribution in [0.4, 0.5) is 5.69 Å². The smallest absolute Gasteiger partial charge is 0.313 e. The van der Waals surface area contributed by atoms with Crippen LogP contribution in [-0.4, -0.2) is 36.7 Å². The van der Waals surface area contributed by atoms with E-state index in [-0.39, 0.29) is 12.0 Å². The molecule has 0 aliphatic heterocycles. The molecule has 114 valence electrons. The summed E-state index contributed by atoms with van der Waals surface area (Å²) in [6.07, 6.45) is 1.76. The van der Waals surface area contributed by atoms with Gasteiger partial charge in [0.25, 0.3) is 0 Å². The number of hydrogen-bond donors (Lipinski definition) is 3. The van der Waals surface area contributed by atoms with Crippen LogP contribution >= 0.6 is 0 Å². The van der Waals surface area contributed by atoms with Gasteiger partial charge in [0.2, 0.25) is 0 Å². The summed E-state index contributed by atoms with van der Waals surface area (Å²) in [5.41, 5.74) is 0.316. The van der Waals surface area contributed by atoms with Gasteiger partial charge in [-0.2, -0.15) is 0 Å². The Morgan fingerprint density at radius 3 is 2.43 bits per heavy atom. The lowest BCUT2D eigenvalue weighted by atomic mass is 10.1. The van der Waals surface area contributed by atoms with Crippen LogP contribution in [0, 0.1) is 5.41 Å². The molecule has 0 saturated heterocycles. The van der Waals surface area contributed by atoms with Gasteiger partial charge in [-0.1, -0.05) is 0 Å². The summed E-state index contributed by atoms with van der Waals surface area (Å²) in [6.45, 7) is 2.83. The first-order valence-electron chi connectivity index (χ1n) is 7.01. The van der Waals surface area contributed by atoms with E-state index in [2.05, 4.69) is 10.6 Å². The fraction of sp³-hybridized carbons (Fsp3) is 0.467. The molecule has 6 heteroatoms. The highest BCUT2D eigenvalue weighted by Crippen LogP contribution is 2.44. The van der Waals surface area contributed by atoms with E-state index in [0.29, 0.717) is 24.6 Å². The number of aliphatic hydroxyl groups is 1. The Hall–Kier alpha value is -2.08. The first-order valence-corrected chi connectivity index (χ1v) is 7.01. The Bertz CT molecular complexity index is 509. The number of aliphatic hydroxyl groups excluding tert-OH is 1. The lowest BCUT2D eigenvalue weighted by Crippen LogP contribution is -2.39. The van der Waals surface area contributed by atoms with E-state index in [0.717, 1.165) is 12.8 Å². The van der Waals surface area contributed by atoms with Gasteiger partial charge in [-0.15, -0.1) is 0 Å². The van der Waals surface area contributed by atoms with Crippen molar-refractivity contribution >= 4 is 17.5 Å². The zero-order valence-electron chi connectivity index (χ0n) is 12.0. The third-order valence-corrected chi connectivity index (χ3v) is 3.55. The topological polar surface area (TPSA) is 87.7 Å². The van der Waals surface area contributed by atoms with Crippen molar-refractivity contribution in [2.45, 2.75) is 19.8 Å². The zero-order chi connectivity index (χ0) is 15.3. The predicted octanol–water partition coefficient (Wildman–Crippen LogP) is 0.912. The molecule has 1 saturated carbocycles. The molecule has 1 aliphatic rings. The number of amides is 2. The monoisotopic (exact) mass is 292 g/mol. The molecule has 3 N–H and O–H groups in total. The maximum atomic E-state index is 11.7. The van der Waals surface area contributed by atoms with Gasteiger partial charge in [-0.25, -0.2) is 0 Å². The largest absolute Gasteiger partial charge is 0.494 e. The van der Waals surface area contributed by atoms with E-state index < -0.39 is 11.8 Å². The maximum Gasteiger partial charge on any atom is 0.313 e. The van der Waals surface area contributed by atoms with Crippen molar-refractivity contribution in [1.29, 1.82) is 0 Å². The summed E-state index contributed by atoms with van der Waals surface area (Å²) >= 11 is 0. The van der Waals surface area contributed by atoms with E-state index in [4.69, 9.17) is 9.84 Å². The van der Waals surface area contributed by atoms with Crippen LogP contribution in [0.1, 0.15) is 19.8 Å². The van der Waals surface area contributed by atoms with Crippen molar-refractivity contribution < 1.29 is 19.4 Å². The van der Waals surface area contributed by atoms with E-state index in [1.165, 1.54) is 0 Å². The minimum absolute atomic E-state index is 0.0355. The molecule has 1 aliphatic carbocycles. The molecule has 21 heavy (non-hydrogen) atoms. The van der Waals surface area contributed by atoms with Crippen molar-refractivity contribution in [3.63, 3.8) is 0 Å². The Morgan fingerprint density at radius 2 is 1.90 bits per heavy atom. The minimum atomic E-state index is -0.715. The van der Waals surface area contributed by atoms with Crippen LogP contribution in [-0.2, 0) is 9.59 Å². The molecule has 0 atom stereocenters. The van der Waals surface area contributed by atoms with Gasteiger partial charge in [0.05, 0.1) is 13.2 Å². The second-order valence-electron chi connectivity index (χ2n) is 5.25. The van der Waals surface area contributed by atoms with Crippen LogP contribution in [0.2, 0.25) is 0 Å². The highest BCUT2D eigenvalue weighted by Gasteiger charge is 2.42.